The molecule has 6 heteroatoms. The summed E-state index contributed by atoms with van der Waals surface area (Å²) in [6, 6.07) is 5.81. The monoisotopic (exact) mass is 264 g/mol. The van der Waals surface area contributed by atoms with Crippen molar-refractivity contribution in [1.29, 1.82) is 0 Å². The molecule has 1 rings (SSSR count). The SMILES string of the molecule is O=C(O)c1ccccc1O.[Cl][Fe][Cl]. The standard InChI is InChI=1S/C7H6O3.2ClH.Fe/c8-6-4-2-1-3-5(6)7(9)10;;;/h1-4,8H,(H,9,10);2*1H;/q;;;+2/p-2. The molecule has 1 aromatic rings. The van der Waals surface area contributed by atoms with E-state index in [1.807, 2.05) is 0 Å². The zero-order chi connectivity index (χ0) is 10.3. The van der Waals surface area contributed by atoms with Gasteiger partial charge in [0, 0.05) is 0 Å². The van der Waals surface area contributed by atoms with Gasteiger partial charge in [0.1, 0.15) is 11.3 Å². The fraction of sp³-hybridized carbons (Fsp3) is 0. The summed E-state index contributed by atoms with van der Waals surface area (Å²) in [6.07, 6.45) is 0. The van der Waals surface area contributed by atoms with Gasteiger partial charge in [-0.05, 0) is 12.1 Å². The zero-order valence-electron chi connectivity index (χ0n) is 6.22. The number of halogens is 2. The first-order valence-corrected chi connectivity index (χ1v) is 6.03. The average Bonchev–Trinajstić information content (AvgIpc) is 2.06. The Kier molecular flexibility index (Phi) is 6.82. The Morgan fingerprint density at radius 2 is 1.77 bits per heavy atom. The van der Waals surface area contributed by atoms with Crippen molar-refractivity contribution in [3.8, 4) is 5.75 Å². The Balaban J connectivity index is 0.000000424. The van der Waals surface area contributed by atoms with Crippen LogP contribution in [0.4, 0.5) is 0 Å². The summed E-state index contributed by atoms with van der Waals surface area (Å²) >= 11 is 0.194. The molecule has 0 saturated heterocycles. The molecule has 0 amide bonds. The van der Waals surface area contributed by atoms with Gasteiger partial charge in [-0.3, -0.25) is 0 Å². The predicted octanol–water partition coefficient (Wildman–Crippen LogP) is 2.47. The van der Waals surface area contributed by atoms with E-state index in [0.29, 0.717) is 0 Å². The van der Waals surface area contributed by atoms with Crippen molar-refractivity contribution in [2.45, 2.75) is 0 Å². The molecule has 0 atom stereocenters. The molecule has 0 fully saturated rings. The predicted molar refractivity (Wildman–Crippen MR) is 46.8 cm³/mol. The molecule has 0 aliphatic rings. The first-order valence-electron chi connectivity index (χ1n) is 3.00. The maximum atomic E-state index is 10.3. The minimum absolute atomic E-state index is 0.0671. The molecule has 74 valence electrons. The first kappa shape index (κ1) is 12.6. The summed E-state index contributed by atoms with van der Waals surface area (Å²) in [5, 5.41) is 17.3. The van der Waals surface area contributed by atoms with Crippen molar-refractivity contribution >= 4 is 26.2 Å². The number of carboxylic acid groups (broad SMARTS) is 1. The molecule has 0 aliphatic carbocycles. The molecule has 3 nitrogen and oxygen atoms in total. The maximum absolute atomic E-state index is 10.3. The Morgan fingerprint density at radius 1 is 1.31 bits per heavy atom. The minimum atomic E-state index is -1.11. The van der Waals surface area contributed by atoms with Crippen LogP contribution in [0.1, 0.15) is 10.4 Å². The number of para-hydroxylation sites is 1. The van der Waals surface area contributed by atoms with Crippen LogP contribution in [0.3, 0.4) is 0 Å². The normalized spacial score (nSPS) is 8.77. The number of hydrogen-bond donors (Lipinski definition) is 2. The number of carboxylic acids is 1. The van der Waals surface area contributed by atoms with Gasteiger partial charge in [0.05, 0.1) is 0 Å². The zero-order valence-corrected chi connectivity index (χ0v) is 8.84. The quantitative estimate of drug-likeness (QED) is 0.766. The number of carbonyl (C=O) groups is 1. The summed E-state index contributed by atoms with van der Waals surface area (Å²) < 4.78 is 0. The molecule has 0 radical (unpaired) electrons. The molecular weight excluding hydrogens is 259 g/mol. The summed E-state index contributed by atoms with van der Waals surface area (Å²) in [5.74, 6) is -1.31. The van der Waals surface area contributed by atoms with Crippen LogP contribution in [0.2, 0.25) is 0 Å². The second-order valence-corrected chi connectivity index (χ2v) is 3.70. The molecule has 0 aliphatic heterocycles. The van der Waals surface area contributed by atoms with E-state index in [2.05, 4.69) is 0 Å². The molecule has 0 saturated carbocycles. The third-order valence-electron chi connectivity index (χ3n) is 1.13. The van der Waals surface area contributed by atoms with Crippen LogP contribution in [-0.4, -0.2) is 16.2 Å². The van der Waals surface area contributed by atoms with E-state index in [4.69, 9.17) is 30.4 Å². The Bertz CT molecular complexity index is 280. The third-order valence-corrected chi connectivity index (χ3v) is 1.13. The molecule has 2 N–H and O–H groups in total. The number of aromatic hydroxyl groups is 1. The van der Waals surface area contributed by atoms with Gasteiger partial charge in [0.2, 0.25) is 0 Å². The van der Waals surface area contributed by atoms with E-state index in [-0.39, 0.29) is 24.4 Å². The number of rotatable bonds is 1. The molecule has 1 aromatic carbocycles. The average molecular weight is 265 g/mol. The van der Waals surface area contributed by atoms with Crippen molar-refractivity contribution in [2.75, 3.05) is 0 Å². The van der Waals surface area contributed by atoms with Gasteiger partial charge in [-0.25, -0.2) is 4.79 Å². The summed E-state index contributed by atoms with van der Waals surface area (Å²) in [6.45, 7) is 0. The second-order valence-electron chi connectivity index (χ2n) is 1.87. The van der Waals surface area contributed by atoms with Crippen molar-refractivity contribution in [2.24, 2.45) is 0 Å². The number of aromatic carboxylic acids is 1. The van der Waals surface area contributed by atoms with E-state index in [0.717, 1.165) is 0 Å². The van der Waals surface area contributed by atoms with Crippen LogP contribution < -0.4 is 0 Å². The van der Waals surface area contributed by atoms with Crippen LogP contribution in [0.15, 0.2) is 24.3 Å². The molecule has 0 unspecified atom stereocenters. The van der Waals surface area contributed by atoms with E-state index in [9.17, 15) is 4.79 Å². The molecule has 0 heterocycles. The summed E-state index contributed by atoms with van der Waals surface area (Å²) in [5.41, 5.74) is -0.0671. The Hall–Kier alpha value is -0.411. The number of hydrogen-bond acceptors (Lipinski definition) is 2. The molecule has 0 bridgehead atoms. The molecule has 0 spiro atoms. The molecule has 0 aromatic heterocycles. The fourth-order valence-corrected chi connectivity index (χ4v) is 0.654. The van der Waals surface area contributed by atoms with Gasteiger partial charge in [-0.1, -0.05) is 12.1 Å². The third kappa shape index (κ3) is 5.01. The van der Waals surface area contributed by atoms with Gasteiger partial charge < -0.3 is 10.2 Å². The van der Waals surface area contributed by atoms with E-state index in [1.54, 1.807) is 12.1 Å². The molecular formula is C7H6Cl2FeO3. The van der Waals surface area contributed by atoms with Crippen molar-refractivity contribution in [3.05, 3.63) is 29.8 Å². The van der Waals surface area contributed by atoms with Crippen molar-refractivity contribution < 1.29 is 28.1 Å². The molecule has 13 heavy (non-hydrogen) atoms. The van der Waals surface area contributed by atoms with Crippen LogP contribution in [0.5, 0.6) is 5.75 Å². The van der Waals surface area contributed by atoms with E-state index in [1.165, 1.54) is 12.1 Å². The van der Waals surface area contributed by atoms with Crippen molar-refractivity contribution in [1.82, 2.24) is 0 Å². The number of phenols is 1. The second kappa shape index (κ2) is 7.04. The van der Waals surface area contributed by atoms with Gasteiger partial charge in [-0.2, -0.15) is 0 Å². The van der Waals surface area contributed by atoms with Crippen LogP contribution in [0.25, 0.3) is 0 Å². The van der Waals surface area contributed by atoms with E-state index < -0.39 is 5.97 Å². The van der Waals surface area contributed by atoms with Gasteiger partial charge >= 0.3 is 39.3 Å². The topological polar surface area (TPSA) is 57.5 Å². The Morgan fingerprint density at radius 3 is 2.08 bits per heavy atom. The van der Waals surface area contributed by atoms with Gasteiger partial charge in [0.15, 0.2) is 0 Å². The Labute approximate surface area is 89.9 Å². The van der Waals surface area contributed by atoms with Gasteiger partial charge in [-0.15, -0.1) is 0 Å². The first-order chi connectivity index (χ1) is 6.13. The van der Waals surface area contributed by atoms with E-state index >= 15 is 0 Å². The summed E-state index contributed by atoms with van der Waals surface area (Å²) in [7, 11) is 9.53. The van der Waals surface area contributed by atoms with Crippen LogP contribution in [0, 0.1) is 0 Å². The van der Waals surface area contributed by atoms with Crippen molar-refractivity contribution in [3.63, 3.8) is 0 Å². The fourth-order valence-electron chi connectivity index (χ4n) is 0.654. The van der Waals surface area contributed by atoms with Crippen LogP contribution in [-0.2, 0) is 13.1 Å². The number of benzene rings is 1. The van der Waals surface area contributed by atoms with Crippen LogP contribution >= 0.6 is 20.2 Å². The summed E-state index contributed by atoms with van der Waals surface area (Å²) in [4.78, 5) is 10.3. The van der Waals surface area contributed by atoms with Gasteiger partial charge in [0.25, 0.3) is 0 Å².